The van der Waals surface area contributed by atoms with E-state index in [4.69, 9.17) is 15.2 Å². The highest BCUT2D eigenvalue weighted by Crippen LogP contribution is 2.21. The molecule has 0 aliphatic carbocycles. The van der Waals surface area contributed by atoms with E-state index in [1.165, 1.54) is 5.57 Å². The Labute approximate surface area is 125 Å². The van der Waals surface area contributed by atoms with Gasteiger partial charge in [0.2, 0.25) is 0 Å². The number of rotatable bonds is 5. The first-order chi connectivity index (χ1) is 10.1. The van der Waals surface area contributed by atoms with Crippen LogP contribution in [0.15, 0.2) is 29.8 Å². The summed E-state index contributed by atoms with van der Waals surface area (Å²) in [5, 5.41) is 0. The quantitative estimate of drug-likeness (QED) is 0.666. The van der Waals surface area contributed by atoms with Crippen molar-refractivity contribution in [1.29, 1.82) is 0 Å². The van der Waals surface area contributed by atoms with Gasteiger partial charge in [-0.2, -0.15) is 0 Å². The van der Waals surface area contributed by atoms with Crippen LogP contribution in [-0.2, 0) is 4.74 Å². The normalized spacial score (nSPS) is 14.8. The van der Waals surface area contributed by atoms with Gasteiger partial charge in [0.15, 0.2) is 0 Å². The van der Waals surface area contributed by atoms with Gasteiger partial charge in [-0.15, -0.1) is 0 Å². The summed E-state index contributed by atoms with van der Waals surface area (Å²) < 4.78 is 10.5. The zero-order chi connectivity index (χ0) is 15.2. The summed E-state index contributed by atoms with van der Waals surface area (Å²) in [6.45, 7) is 4.39. The van der Waals surface area contributed by atoms with Gasteiger partial charge >= 0.3 is 0 Å². The van der Waals surface area contributed by atoms with Crippen molar-refractivity contribution in [2.75, 3.05) is 39.1 Å². The second-order valence-corrected chi connectivity index (χ2v) is 5.02. The molecule has 21 heavy (non-hydrogen) atoms. The van der Waals surface area contributed by atoms with Gasteiger partial charge in [-0.25, -0.2) is 0 Å². The van der Waals surface area contributed by atoms with Crippen molar-refractivity contribution in [2.45, 2.75) is 13.3 Å². The van der Waals surface area contributed by atoms with Crippen molar-refractivity contribution in [2.24, 2.45) is 0 Å². The van der Waals surface area contributed by atoms with Gasteiger partial charge in [-0.3, -0.25) is 4.79 Å². The number of ether oxygens (including phenoxy) is 2. The highest BCUT2D eigenvalue weighted by Gasteiger charge is 2.19. The summed E-state index contributed by atoms with van der Waals surface area (Å²) in [4.78, 5) is 14.3. The molecule has 1 heterocycles. The topological polar surface area (TPSA) is 64.8 Å². The van der Waals surface area contributed by atoms with Crippen LogP contribution in [0.3, 0.4) is 0 Å². The maximum absolute atomic E-state index is 12.5. The van der Waals surface area contributed by atoms with Crippen LogP contribution in [0.25, 0.3) is 0 Å². The number of nitrogen functional groups attached to an aromatic ring is 1. The van der Waals surface area contributed by atoms with E-state index in [2.05, 4.69) is 6.08 Å². The molecule has 1 aromatic rings. The standard InChI is InChI=1S/C16H22N2O3/c1-3-21-15-9-13(8-14(17)10-15)16(19)18-6-4-12(5-7-18)11-20-2/h4,8-10H,3,5-7,11,17H2,1-2H3. The Morgan fingerprint density at radius 3 is 2.81 bits per heavy atom. The number of hydrogen-bond acceptors (Lipinski definition) is 4. The minimum Gasteiger partial charge on any atom is -0.494 e. The zero-order valence-corrected chi connectivity index (χ0v) is 12.6. The Kier molecular flexibility index (Phi) is 5.22. The van der Waals surface area contributed by atoms with Crippen LogP contribution in [-0.4, -0.2) is 44.2 Å². The van der Waals surface area contributed by atoms with Crippen molar-refractivity contribution in [3.8, 4) is 5.75 Å². The van der Waals surface area contributed by atoms with Crippen LogP contribution in [0.5, 0.6) is 5.75 Å². The third-order valence-corrected chi connectivity index (χ3v) is 3.41. The number of carbonyl (C=O) groups is 1. The van der Waals surface area contributed by atoms with Crippen LogP contribution in [0.4, 0.5) is 5.69 Å². The van der Waals surface area contributed by atoms with Gasteiger partial charge in [0.1, 0.15) is 5.75 Å². The van der Waals surface area contributed by atoms with Gasteiger partial charge in [-0.1, -0.05) is 6.08 Å². The fourth-order valence-corrected chi connectivity index (χ4v) is 2.39. The highest BCUT2D eigenvalue weighted by atomic mass is 16.5. The second-order valence-electron chi connectivity index (χ2n) is 5.02. The molecule has 0 unspecified atom stereocenters. The third-order valence-electron chi connectivity index (χ3n) is 3.41. The molecule has 0 atom stereocenters. The molecule has 5 heteroatoms. The number of carbonyl (C=O) groups excluding carboxylic acids is 1. The van der Waals surface area contributed by atoms with Crippen LogP contribution in [0.2, 0.25) is 0 Å². The van der Waals surface area contributed by atoms with Crippen LogP contribution in [0.1, 0.15) is 23.7 Å². The Morgan fingerprint density at radius 1 is 1.38 bits per heavy atom. The third kappa shape index (κ3) is 3.98. The number of hydrogen-bond donors (Lipinski definition) is 1. The number of amides is 1. The summed E-state index contributed by atoms with van der Waals surface area (Å²) >= 11 is 0. The van der Waals surface area contributed by atoms with E-state index >= 15 is 0 Å². The number of nitrogens with zero attached hydrogens (tertiary/aromatic N) is 1. The maximum atomic E-state index is 12.5. The van der Waals surface area contributed by atoms with Gasteiger partial charge < -0.3 is 20.1 Å². The van der Waals surface area contributed by atoms with E-state index in [-0.39, 0.29) is 5.91 Å². The molecule has 0 bridgehead atoms. The number of nitrogens with two attached hydrogens (primary N) is 1. The molecule has 0 spiro atoms. The van der Waals surface area contributed by atoms with Gasteiger partial charge in [0.05, 0.1) is 13.2 Å². The molecule has 0 saturated heterocycles. The molecule has 5 nitrogen and oxygen atoms in total. The first-order valence-corrected chi connectivity index (χ1v) is 7.13. The van der Waals surface area contributed by atoms with E-state index in [0.717, 1.165) is 6.42 Å². The number of anilines is 1. The fourth-order valence-electron chi connectivity index (χ4n) is 2.39. The molecule has 1 amide bonds. The van der Waals surface area contributed by atoms with Crippen LogP contribution in [0, 0.1) is 0 Å². The Morgan fingerprint density at radius 2 is 2.19 bits per heavy atom. The maximum Gasteiger partial charge on any atom is 0.254 e. The molecule has 0 radical (unpaired) electrons. The first-order valence-electron chi connectivity index (χ1n) is 7.13. The minimum atomic E-state index is -0.0176. The molecule has 0 aromatic heterocycles. The summed E-state index contributed by atoms with van der Waals surface area (Å²) in [6, 6.07) is 5.17. The lowest BCUT2D eigenvalue weighted by Crippen LogP contribution is -2.35. The van der Waals surface area contributed by atoms with Crippen molar-refractivity contribution in [3.63, 3.8) is 0 Å². The van der Waals surface area contributed by atoms with E-state index in [9.17, 15) is 4.79 Å². The molecule has 2 rings (SSSR count). The Hall–Kier alpha value is -2.01. The van der Waals surface area contributed by atoms with Crippen LogP contribution < -0.4 is 10.5 Å². The number of methoxy groups -OCH3 is 1. The fraction of sp³-hybridized carbons (Fsp3) is 0.438. The average Bonchev–Trinajstić information content (AvgIpc) is 2.47. The van der Waals surface area contributed by atoms with Crippen molar-refractivity contribution >= 4 is 11.6 Å². The van der Waals surface area contributed by atoms with E-state index in [1.807, 2.05) is 11.8 Å². The predicted molar refractivity (Wildman–Crippen MR) is 82.5 cm³/mol. The van der Waals surface area contributed by atoms with Crippen molar-refractivity contribution in [3.05, 3.63) is 35.4 Å². The monoisotopic (exact) mass is 290 g/mol. The zero-order valence-electron chi connectivity index (χ0n) is 12.6. The van der Waals surface area contributed by atoms with E-state index in [1.54, 1.807) is 25.3 Å². The largest absolute Gasteiger partial charge is 0.494 e. The van der Waals surface area contributed by atoms with Crippen molar-refractivity contribution < 1.29 is 14.3 Å². The summed E-state index contributed by atoms with van der Waals surface area (Å²) in [5.74, 6) is 0.615. The summed E-state index contributed by atoms with van der Waals surface area (Å²) in [7, 11) is 1.68. The minimum absolute atomic E-state index is 0.0176. The first kappa shape index (κ1) is 15.4. The Balaban J connectivity index is 2.10. The molecule has 1 aromatic carbocycles. The Bertz CT molecular complexity index is 540. The molecular weight excluding hydrogens is 268 g/mol. The average molecular weight is 290 g/mol. The van der Waals surface area contributed by atoms with Crippen LogP contribution >= 0.6 is 0 Å². The predicted octanol–water partition coefficient (Wildman–Crippen LogP) is 2.09. The SMILES string of the molecule is CCOc1cc(N)cc(C(=O)N2CC=C(COC)CC2)c1. The second kappa shape index (κ2) is 7.13. The molecule has 2 N–H and O–H groups in total. The molecule has 1 aliphatic heterocycles. The lowest BCUT2D eigenvalue weighted by atomic mass is 10.1. The van der Waals surface area contributed by atoms with E-state index < -0.39 is 0 Å². The van der Waals surface area contributed by atoms with Gasteiger partial charge in [0, 0.05) is 37.5 Å². The molecule has 1 aliphatic rings. The molecule has 0 saturated carbocycles. The molecule has 114 valence electrons. The highest BCUT2D eigenvalue weighted by molar-refractivity contribution is 5.95. The van der Waals surface area contributed by atoms with Crippen molar-refractivity contribution in [1.82, 2.24) is 4.90 Å². The summed E-state index contributed by atoms with van der Waals surface area (Å²) in [5.41, 5.74) is 8.19. The lowest BCUT2D eigenvalue weighted by Gasteiger charge is -2.26. The van der Waals surface area contributed by atoms with Gasteiger partial charge in [0.25, 0.3) is 5.91 Å². The smallest absolute Gasteiger partial charge is 0.254 e. The molecule has 0 fully saturated rings. The van der Waals surface area contributed by atoms with E-state index in [0.29, 0.717) is 43.3 Å². The summed E-state index contributed by atoms with van der Waals surface area (Å²) in [6.07, 6.45) is 2.90. The molecular formula is C16H22N2O3. The van der Waals surface area contributed by atoms with Gasteiger partial charge in [-0.05, 0) is 31.1 Å². The number of benzene rings is 1. The lowest BCUT2D eigenvalue weighted by molar-refractivity contribution is 0.0764.